The quantitative estimate of drug-likeness (QED) is 0.425. The molecule has 4 rings (SSSR count). The molecule has 1 aromatic carbocycles. The molecular weight excluding hydrogens is 410 g/mol. The summed E-state index contributed by atoms with van der Waals surface area (Å²) in [6.07, 6.45) is 6.05. The highest BCUT2D eigenvalue weighted by Crippen LogP contribution is 2.34. The van der Waals surface area contributed by atoms with Crippen LogP contribution in [0.25, 0.3) is 11.4 Å². The third kappa shape index (κ3) is 4.82. The van der Waals surface area contributed by atoms with Crippen LogP contribution in [0.1, 0.15) is 37.1 Å². The minimum Gasteiger partial charge on any atom is -0.357 e. The predicted octanol–water partition coefficient (Wildman–Crippen LogP) is 3.75. The van der Waals surface area contributed by atoms with Gasteiger partial charge >= 0.3 is 0 Å². The molecule has 2 aliphatic rings. The summed E-state index contributed by atoms with van der Waals surface area (Å²) in [6, 6.07) is 7.61. The van der Waals surface area contributed by atoms with E-state index in [1.165, 1.54) is 18.2 Å². The van der Waals surface area contributed by atoms with Gasteiger partial charge in [-0.25, -0.2) is 0 Å². The first-order valence-corrected chi connectivity index (χ1v) is 11.0. The van der Waals surface area contributed by atoms with E-state index in [9.17, 15) is 4.79 Å². The monoisotopic (exact) mass is 431 g/mol. The third-order valence-corrected chi connectivity index (χ3v) is 6.42. The van der Waals surface area contributed by atoms with Gasteiger partial charge in [-0.1, -0.05) is 35.5 Å². The number of carbonyl (C=O) groups excluding carboxylic acids is 1. The summed E-state index contributed by atoms with van der Waals surface area (Å²) in [6.45, 7) is 2.05. The fraction of sp³-hybridized carbons (Fsp3) is 0.400. The normalized spacial score (nSPS) is 19.1. The fourth-order valence-corrected chi connectivity index (χ4v) is 4.56. The number of likely N-dealkylation sites (tertiary alicyclic amines) is 1. The van der Waals surface area contributed by atoms with Crippen LogP contribution in [-0.2, 0) is 11.3 Å². The Bertz CT molecular complexity index is 921. The highest BCUT2D eigenvalue weighted by Gasteiger charge is 2.21. The maximum absolute atomic E-state index is 12.1. The first kappa shape index (κ1) is 20.0. The van der Waals surface area contributed by atoms with Gasteiger partial charge in [0.15, 0.2) is 0 Å². The second kappa shape index (κ2) is 9.00. The van der Waals surface area contributed by atoms with Crippen LogP contribution < -0.4 is 5.32 Å². The molecule has 0 radical (unpaired) electrons. The molecule has 0 saturated carbocycles. The molecule has 1 atom stereocenters. The largest absolute Gasteiger partial charge is 0.357 e. The zero-order valence-corrected chi connectivity index (χ0v) is 17.4. The standard InChI is InChI=1S/C20H22ClN5O2S/c21-16-9-8-15(29-16)20(27)23-12-17-24-19(25-28-17)14-6-4-13(5-7-14)18(22)26-10-2-1-3-11-26/h4-8,16,22H,1-3,9-12H2,(H,23,27). The molecule has 2 aromatic rings. The number of halogens is 1. The fourth-order valence-electron chi connectivity index (χ4n) is 3.34. The molecule has 0 aliphatic carbocycles. The number of alkyl halides is 1. The Morgan fingerprint density at radius 1 is 1.28 bits per heavy atom. The summed E-state index contributed by atoms with van der Waals surface area (Å²) < 4.78 is 5.17. The highest BCUT2D eigenvalue weighted by atomic mass is 35.5. The Morgan fingerprint density at radius 2 is 2.03 bits per heavy atom. The number of aromatic nitrogens is 2. The molecule has 9 heteroatoms. The van der Waals surface area contributed by atoms with Gasteiger partial charge in [0.25, 0.3) is 5.91 Å². The van der Waals surface area contributed by atoms with E-state index in [0.29, 0.717) is 28.9 Å². The first-order chi connectivity index (χ1) is 14.1. The zero-order chi connectivity index (χ0) is 20.2. The molecule has 1 unspecified atom stereocenters. The lowest BCUT2D eigenvalue weighted by Crippen LogP contribution is -2.35. The Hall–Kier alpha value is -2.32. The van der Waals surface area contributed by atoms with Crippen molar-refractivity contribution >= 4 is 35.1 Å². The van der Waals surface area contributed by atoms with Crippen LogP contribution in [0.4, 0.5) is 0 Å². The van der Waals surface area contributed by atoms with E-state index >= 15 is 0 Å². The molecule has 3 heterocycles. The second-order valence-electron chi connectivity index (χ2n) is 7.00. The summed E-state index contributed by atoms with van der Waals surface area (Å²) in [7, 11) is 0. The van der Waals surface area contributed by atoms with Crippen LogP contribution in [0.3, 0.4) is 0 Å². The van der Waals surface area contributed by atoms with Gasteiger partial charge in [-0.15, -0.1) is 23.4 Å². The van der Waals surface area contributed by atoms with Crippen LogP contribution in [0.2, 0.25) is 0 Å². The molecule has 1 aromatic heterocycles. The summed E-state index contributed by atoms with van der Waals surface area (Å²) >= 11 is 7.34. The van der Waals surface area contributed by atoms with Crippen molar-refractivity contribution in [2.75, 3.05) is 13.1 Å². The number of carbonyl (C=O) groups is 1. The molecule has 1 fully saturated rings. The van der Waals surface area contributed by atoms with Gasteiger partial charge in [0.05, 0.1) is 16.2 Å². The van der Waals surface area contributed by atoms with Gasteiger partial charge in [0, 0.05) is 24.2 Å². The van der Waals surface area contributed by atoms with Gasteiger partial charge in [0.2, 0.25) is 11.7 Å². The van der Waals surface area contributed by atoms with E-state index in [-0.39, 0.29) is 17.2 Å². The number of allylic oxidation sites excluding steroid dienone is 1. The van der Waals surface area contributed by atoms with Crippen LogP contribution in [-0.4, -0.2) is 44.6 Å². The number of amides is 1. The van der Waals surface area contributed by atoms with E-state index in [2.05, 4.69) is 20.4 Å². The van der Waals surface area contributed by atoms with Gasteiger partial charge in [-0.05, 0) is 25.7 Å². The lowest BCUT2D eigenvalue weighted by atomic mass is 10.1. The van der Waals surface area contributed by atoms with E-state index in [1.54, 1.807) is 0 Å². The summed E-state index contributed by atoms with van der Waals surface area (Å²) in [5, 5.41) is 15.2. The topological polar surface area (TPSA) is 95.1 Å². The summed E-state index contributed by atoms with van der Waals surface area (Å²) in [5.74, 6) is 1.18. The predicted molar refractivity (Wildman–Crippen MR) is 114 cm³/mol. The van der Waals surface area contributed by atoms with Crippen molar-refractivity contribution in [1.82, 2.24) is 20.4 Å². The molecule has 1 saturated heterocycles. The van der Waals surface area contributed by atoms with Crippen LogP contribution in [0.5, 0.6) is 0 Å². The number of hydrogen-bond acceptors (Lipinski definition) is 6. The lowest BCUT2D eigenvalue weighted by Gasteiger charge is -2.29. The van der Waals surface area contributed by atoms with E-state index in [0.717, 1.165) is 37.1 Å². The Balaban J connectivity index is 1.35. The smallest absolute Gasteiger partial charge is 0.257 e. The number of nitrogens with zero attached hydrogens (tertiary/aromatic N) is 3. The van der Waals surface area contributed by atoms with E-state index < -0.39 is 0 Å². The van der Waals surface area contributed by atoms with E-state index in [4.69, 9.17) is 21.5 Å². The molecule has 1 amide bonds. The van der Waals surface area contributed by atoms with Crippen molar-refractivity contribution in [1.29, 1.82) is 5.41 Å². The number of nitrogens with one attached hydrogen (secondary N) is 2. The van der Waals surface area contributed by atoms with Crippen LogP contribution in [0.15, 0.2) is 39.8 Å². The number of rotatable bonds is 5. The minimum atomic E-state index is -0.182. The average molecular weight is 432 g/mol. The Morgan fingerprint density at radius 3 is 2.72 bits per heavy atom. The number of thioether (sulfide) groups is 1. The van der Waals surface area contributed by atoms with Crippen molar-refractivity contribution in [3.05, 3.63) is 46.7 Å². The average Bonchev–Trinajstić information content (AvgIpc) is 3.41. The Kier molecular flexibility index (Phi) is 6.20. The van der Waals surface area contributed by atoms with Crippen LogP contribution >= 0.6 is 23.4 Å². The molecule has 0 bridgehead atoms. The van der Waals surface area contributed by atoms with E-state index in [1.807, 2.05) is 30.3 Å². The number of piperidine rings is 1. The number of hydrogen-bond donors (Lipinski definition) is 2. The maximum atomic E-state index is 12.1. The minimum absolute atomic E-state index is 0.0786. The lowest BCUT2D eigenvalue weighted by molar-refractivity contribution is -0.117. The van der Waals surface area contributed by atoms with Gasteiger partial charge in [-0.2, -0.15) is 4.98 Å². The molecule has 29 heavy (non-hydrogen) atoms. The van der Waals surface area contributed by atoms with Crippen molar-refractivity contribution in [2.45, 2.75) is 36.9 Å². The highest BCUT2D eigenvalue weighted by molar-refractivity contribution is 8.05. The summed E-state index contributed by atoms with van der Waals surface area (Å²) in [5.41, 5.74) is 1.69. The molecule has 2 aliphatic heterocycles. The zero-order valence-electron chi connectivity index (χ0n) is 15.9. The second-order valence-corrected chi connectivity index (χ2v) is 9.03. The Labute approximate surface area is 178 Å². The third-order valence-electron chi connectivity index (χ3n) is 4.92. The molecule has 7 nitrogen and oxygen atoms in total. The molecule has 152 valence electrons. The van der Waals surface area contributed by atoms with Gasteiger partial charge in [-0.3, -0.25) is 10.2 Å². The van der Waals surface area contributed by atoms with Crippen molar-refractivity contribution in [3.63, 3.8) is 0 Å². The van der Waals surface area contributed by atoms with Crippen molar-refractivity contribution in [2.24, 2.45) is 0 Å². The first-order valence-electron chi connectivity index (χ1n) is 9.66. The molecule has 0 spiro atoms. The SMILES string of the molecule is N=C(c1ccc(-c2noc(CNC(=O)C3=CCC(Cl)S3)n2)cc1)N1CCCCC1. The number of benzene rings is 1. The van der Waals surface area contributed by atoms with Crippen LogP contribution in [0, 0.1) is 5.41 Å². The van der Waals surface area contributed by atoms with Crippen molar-refractivity contribution < 1.29 is 9.32 Å². The number of amidine groups is 1. The van der Waals surface area contributed by atoms with Crippen molar-refractivity contribution in [3.8, 4) is 11.4 Å². The van der Waals surface area contributed by atoms with Gasteiger partial charge in [0.1, 0.15) is 5.84 Å². The molecular formula is C20H22ClN5O2S. The van der Waals surface area contributed by atoms with Gasteiger partial charge < -0.3 is 14.7 Å². The molecule has 2 N–H and O–H groups in total. The summed E-state index contributed by atoms with van der Waals surface area (Å²) in [4.78, 5) is 19.2. The maximum Gasteiger partial charge on any atom is 0.257 e.